The van der Waals surface area contributed by atoms with Crippen molar-refractivity contribution in [3.8, 4) is 0 Å². The highest BCUT2D eigenvalue weighted by Gasteiger charge is 2.34. The molecule has 4 nitrogen and oxygen atoms in total. The Balaban J connectivity index is 1.70. The van der Waals surface area contributed by atoms with Crippen molar-refractivity contribution in [1.82, 2.24) is 9.88 Å². The molecule has 0 amide bonds. The monoisotopic (exact) mass is 272 g/mol. The molecule has 0 bridgehead atoms. The lowest BCUT2D eigenvalue weighted by Crippen LogP contribution is -2.50. The molecule has 1 aromatic heterocycles. The van der Waals surface area contributed by atoms with E-state index in [0.29, 0.717) is 0 Å². The van der Waals surface area contributed by atoms with Gasteiger partial charge in [-0.15, -0.1) is 0 Å². The lowest BCUT2D eigenvalue weighted by atomic mass is 9.86. The number of para-hydroxylation sites is 1. The quantitative estimate of drug-likeness (QED) is 0.899. The predicted molar refractivity (Wildman–Crippen MR) is 78.6 cm³/mol. The summed E-state index contributed by atoms with van der Waals surface area (Å²) in [6.45, 7) is 6.57. The van der Waals surface area contributed by atoms with Gasteiger partial charge < -0.3 is 10.1 Å². The van der Waals surface area contributed by atoms with Crippen molar-refractivity contribution in [3.05, 3.63) is 35.5 Å². The first kappa shape index (κ1) is 13.2. The van der Waals surface area contributed by atoms with Gasteiger partial charge in [0.25, 0.3) is 0 Å². The van der Waals surface area contributed by atoms with Crippen LogP contribution in [0.5, 0.6) is 0 Å². The second-order valence-electron chi connectivity index (χ2n) is 5.86. The van der Waals surface area contributed by atoms with Crippen LogP contribution in [0.25, 0.3) is 10.9 Å². The van der Waals surface area contributed by atoms with E-state index in [1.807, 2.05) is 6.07 Å². The number of nitrogens with one attached hydrogen (secondary N) is 1. The summed E-state index contributed by atoms with van der Waals surface area (Å²) in [5.41, 5.74) is 3.72. The number of aliphatic carboxylic acids is 1. The summed E-state index contributed by atoms with van der Waals surface area (Å²) in [7, 11) is 0. The fourth-order valence-electron chi connectivity index (χ4n) is 3.02. The molecule has 106 valence electrons. The molecule has 1 fully saturated rings. The normalized spacial score (nSPS) is 18.1. The molecule has 0 spiro atoms. The molecule has 0 aliphatic carbocycles. The smallest absolute Gasteiger partial charge is 0.306 e. The predicted octanol–water partition coefficient (Wildman–Crippen LogP) is 2.63. The molecule has 2 aromatic rings. The summed E-state index contributed by atoms with van der Waals surface area (Å²) < 4.78 is 0. The number of fused-ring (bicyclic) bond motifs is 1. The molecule has 0 saturated carbocycles. The fourth-order valence-corrected chi connectivity index (χ4v) is 3.02. The number of carbonyl (C=O) groups is 1. The van der Waals surface area contributed by atoms with Crippen molar-refractivity contribution >= 4 is 16.9 Å². The van der Waals surface area contributed by atoms with Gasteiger partial charge in [0.1, 0.15) is 0 Å². The third-order valence-corrected chi connectivity index (χ3v) is 4.49. The lowest BCUT2D eigenvalue weighted by Gasteiger charge is -2.41. The summed E-state index contributed by atoms with van der Waals surface area (Å²) >= 11 is 0. The van der Waals surface area contributed by atoms with Crippen LogP contribution in [0.3, 0.4) is 0 Å². The molecular formula is C16H20N2O2. The molecule has 0 radical (unpaired) electrons. The summed E-state index contributed by atoms with van der Waals surface area (Å²) in [5, 5.41) is 10.3. The minimum absolute atomic E-state index is 0.240. The largest absolute Gasteiger partial charge is 0.481 e. The third kappa shape index (κ3) is 2.20. The van der Waals surface area contributed by atoms with Crippen LogP contribution in [0.1, 0.15) is 18.2 Å². The minimum atomic E-state index is -0.682. The highest BCUT2D eigenvalue weighted by molar-refractivity contribution is 5.84. The van der Waals surface area contributed by atoms with Crippen molar-refractivity contribution in [2.24, 2.45) is 11.8 Å². The van der Waals surface area contributed by atoms with Crippen LogP contribution in [0, 0.1) is 18.8 Å². The van der Waals surface area contributed by atoms with Crippen molar-refractivity contribution in [1.29, 1.82) is 0 Å². The highest BCUT2D eigenvalue weighted by Crippen LogP contribution is 2.29. The zero-order chi connectivity index (χ0) is 14.3. The summed E-state index contributed by atoms with van der Waals surface area (Å²) in [6.07, 6.45) is 0. The summed E-state index contributed by atoms with van der Waals surface area (Å²) in [4.78, 5) is 16.7. The van der Waals surface area contributed by atoms with Crippen LogP contribution < -0.4 is 0 Å². The number of aromatic amines is 1. The van der Waals surface area contributed by atoms with Gasteiger partial charge in [-0.25, -0.2) is 0 Å². The summed E-state index contributed by atoms with van der Waals surface area (Å²) in [6, 6.07) is 8.34. The van der Waals surface area contributed by atoms with Gasteiger partial charge >= 0.3 is 5.97 Å². The molecule has 1 aliphatic heterocycles. The molecule has 2 N–H and O–H groups in total. The molecule has 20 heavy (non-hydrogen) atoms. The number of aromatic nitrogens is 1. The number of carboxylic acid groups (broad SMARTS) is 1. The molecule has 1 aliphatic rings. The van der Waals surface area contributed by atoms with E-state index in [0.717, 1.165) is 19.6 Å². The van der Waals surface area contributed by atoms with Crippen molar-refractivity contribution in [3.63, 3.8) is 0 Å². The minimum Gasteiger partial charge on any atom is -0.481 e. The van der Waals surface area contributed by atoms with Gasteiger partial charge in [0.15, 0.2) is 0 Å². The van der Waals surface area contributed by atoms with Crippen LogP contribution in [0.15, 0.2) is 24.3 Å². The number of nitrogens with zero attached hydrogens (tertiary/aromatic N) is 1. The SMILES string of the molecule is Cc1[nH]c2ccccc2c1CN1CC(C(C)C(=O)O)C1. The Hall–Kier alpha value is -1.81. The van der Waals surface area contributed by atoms with Gasteiger partial charge in [-0.05, 0) is 24.5 Å². The number of H-pyrrole nitrogens is 1. The maximum atomic E-state index is 11.0. The second-order valence-corrected chi connectivity index (χ2v) is 5.86. The molecule has 1 aromatic carbocycles. The topological polar surface area (TPSA) is 56.3 Å². The fraction of sp³-hybridized carbons (Fsp3) is 0.438. The first-order chi connectivity index (χ1) is 9.56. The zero-order valence-electron chi connectivity index (χ0n) is 11.9. The van der Waals surface area contributed by atoms with E-state index >= 15 is 0 Å². The molecule has 4 heteroatoms. The molecule has 1 saturated heterocycles. The average molecular weight is 272 g/mol. The van der Waals surface area contributed by atoms with Crippen LogP contribution in [0.2, 0.25) is 0 Å². The van der Waals surface area contributed by atoms with Crippen molar-refractivity contribution < 1.29 is 9.90 Å². The van der Waals surface area contributed by atoms with E-state index in [1.54, 1.807) is 6.92 Å². The van der Waals surface area contributed by atoms with Gasteiger partial charge in [-0.2, -0.15) is 0 Å². The number of benzene rings is 1. The van der Waals surface area contributed by atoms with E-state index in [9.17, 15) is 4.79 Å². The van der Waals surface area contributed by atoms with Crippen LogP contribution in [-0.2, 0) is 11.3 Å². The Labute approximate surface area is 118 Å². The number of rotatable bonds is 4. The zero-order valence-corrected chi connectivity index (χ0v) is 11.9. The van der Waals surface area contributed by atoms with Gasteiger partial charge in [0.2, 0.25) is 0 Å². The standard InChI is InChI=1S/C16H20N2O2/c1-10(16(19)20)12-7-18(8-12)9-14-11(2)17-15-6-4-3-5-13(14)15/h3-6,10,12,17H,7-9H2,1-2H3,(H,19,20). The van der Waals surface area contributed by atoms with Gasteiger partial charge in [-0.3, -0.25) is 9.69 Å². The van der Waals surface area contributed by atoms with E-state index in [1.165, 1.54) is 22.2 Å². The van der Waals surface area contributed by atoms with E-state index in [-0.39, 0.29) is 11.8 Å². The van der Waals surface area contributed by atoms with Gasteiger partial charge in [0.05, 0.1) is 5.92 Å². The van der Waals surface area contributed by atoms with Gasteiger partial charge in [-0.1, -0.05) is 25.1 Å². The van der Waals surface area contributed by atoms with E-state index in [2.05, 4.69) is 35.0 Å². The molecule has 1 atom stereocenters. The van der Waals surface area contributed by atoms with Crippen LogP contribution in [0.4, 0.5) is 0 Å². The van der Waals surface area contributed by atoms with E-state index < -0.39 is 5.97 Å². The Kier molecular flexibility index (Phi) is 3.26. The number of carboxylic acids is 1. The first-order valence-corrected chi connectivity index (χ1v) is 7.07. The number of hydrogen-bond donors (Lipinski definition) is 2. The first-order valence-electron chi connectivity index (χ1n) is 7.07. The van der Waals surface area contributed by atoms with Crippen LogP contribution >= 0.6 is 0 Å². The maximum absolute atomic E-state index is 11.0. The summed E-state index contributed by atoms with van der Waals surface area (Å²) in [5.74, 6) is -0.633. The maximum Gasteiger partial charge on any atom is 0.306 e. The van der Waals surface area contributed by atoms with Crippen LogP contribution in [-0.4, -0.2) is 34.0 Å². The Morgan fingerprint density at radius 3 is 2.85 bits per heavy atom. The molecule has 3 rings (SSSR count). The number of aryl methyl sites for hydroxylation is 1. The third-order valence-electron chi connectivity index (χ3n) is 4.49. The number of hydrogen-bond acceptors (Lipinski definition) is 2. The average Bonchev–Trinajstić information content (AvgIpc) is 2.68. The van der Waals surface area contributed by atoms with E-state index in [4.69, 9.17) is 5.11 Å². The highest BCUT2D eigenvalue weighted by atomic mass is 16.4. The molecular weight excluding hydrogens is 252 g/mol. The Morgan fingerprint density at radius 2 is 2.15 bits per heavy atom. The second kappa shape index (κ2) is 4.94. The lowest BCUT2D eigenvalue weighted by molar-refractivity contribution is -0.145. The van der Waals surface area contributed by atoms with Crippen molar-refractivity contribution in [2.75, 3.05) is 13.1 Å². The Morgan fingerprint density at radius 1 is 1.45 bits per heavy atom. The molecule has 1 unspecified atom stereocenters. The Bertz CT molecular complexity index is 641. The van der Waals surface area contributed by atoms with Crippen molar-refractivity contribution in [2.45, 2.75) is 20.4 Å². The molecule has 2 heterocycles. The van der Waals surface area contributed by atoms with Gasteiger partial charge in [0, 0.05) is 36.2 Å². The number of likely N-dealkylation sites (tertiary alicyclic amines) is 1.